The van der Waals surface area contributed by atoms with E-state index < -0.39 is 0 Å². The molecule has 1 atom stereocenters. The Morgan fingerprint density at radius 2 is 1.92 bits per heavy atom. The number of ether oxygens (including phenoxy) is 1. The summed E-state index contributed by atoms with van der Waals surface area (Å²) in [7, 11) is 1.77. The lowest BCUT2D eigenvalue weighted by molar-refractivity contribution is 0.374. The maximum absolute atomic E-state index is 5.47. The minimum absolute atomic E-state index is 0.300. The second kappa shape index (κ2) is 5.35. The first-order valence-electron chi connectivity index (χ1n) is 9.03. The first kappa shape index (κ1) is 15.5. The largest absolute Gasteiger partial charge is 0.497 e. The second-order valence-electron chi connectivity index (χ2n) is 7.67. The summed E-state index contributed by atoms with van der Waals surface area (Å²) in [6, 6.07) is 6.67. The van der Waals surface area contributed by atoms with Gasteiger partial charge in [-0.25, -0.2) is 0 Å². The van der Waals surface area contributed by atoms with Crippen LogP contribution in [0.5, 0.6) is 5.75 Å². The third-order valence-electron chi connectivity index (χ3n) is 6.54. The molecule has 0 bridgehead atoms. The minimum atomic E-state index is 0.300. The molecule has 1 aromatic carbocycles. The molecule has 1 fully saturated rings. The zero-order chi connectivity index (χ0) is 16.4. The average molecular weight is 357 g/mol. The molecule has 0 aromatic heterocycles. The van der Waals surface area contributed by atoms with Crippen LogP contribution in [-0.2, 0) is 6.42 Å². The molecule has 1 aromatic rings. The van der Waals surface area contributed by atoms with Crippen LogP contribution in [0.2, 0.25) is 0 Å². The summed E-state index contributed by atoms with van der Waals surface area (Å²) in [4.78, 5) is 0. The minimum Gasteiger partial charge on any atom is -0.497 e. The van der Waals surface area contributed by atoms with Crippen molar-refractivity contribution in [3.63, 3.8) is 0 Å². The molecule has 0 amide bonds. The molecule has 1 nitrogen and oxygen atoms in total. The van der Waals surface area contributed by atoms with E-state index in [4.69, 9.17) is 4.74 Å². The van der Waals surface area contributed by atoms with E-state index in [0.29, 0.717) is 9.49 Å². The van der Waals surface area contributed by atoms with Gasteiger partial charge in [0.15, 0.2) is 0 Å². The predicted molar refractivity (Wildman–Crippen MR) is 106 cm³/mol. The molecule has 24 heavy (non-hydrogen) atoms. The molecule has 0 radical (unpaired) electrons. The summed E-state index contributed by atoms with van der Waals surface area (Å²) in [5.74, 6) is 3.64. The molecule has 3 aliphatic carbocycles. The fraction of sp³-hybridized carbons (Fsp3) is 0.524. The molecule has 0 N–H and O–H groups in total. The lowest BCUT2D eigenvalue weighted by atomic mass is 9.63. The lowest BCUT2D eigenvalue weighted by Gasteiger charge is -2.46. The van der Waals surface area contributed by atoms with Gasteiger partial charge in [0.2, 0.25) is 0 Å². The second-order valence-corrected chi connectivity index (χ2v) is 10.8. The Morgan fingerprint density at radius 3 is 2.71 bits per heavy atom. The number of fused-ring (bicyclic) bond motifs is 4. The monoisotopic (exact) mass is 356 g/mol. The summed E-state index contributed by atoms with van der Waals surface area (Å²) < 4.78 is 5.88. The van der Waals surface area contributed by atoms with Gasteiger partial charge in [-0.15, -0.1) is 23.5 Å². The third-order valence-corrected chi connectivity index (χ3v) is 9.94. The third kappa shape index (κ3) is 2.10. The summed E-state index contributed by atoms with van der Waals surface area (Å²) in [5.41, 5.74) is 8.35. The summed E-state index contributed by atoms with van der Waals surface area (Å²) in [6.45, 7) is 2.52. The Labute approximate surface area is 153 Å². The van der Waals surface area contributed by atoms with Crippen LogP contribution in [0.1, 0.15) is 43.7 Å². The number of rotatable bonds is 1. The van der Waals surface area contributed by atoms with Gasteiger partial charge in [0.05, 0.1) is 11.2 Å². The molecule has 1 spiro atoms. The SMILES string of the molecule is COc1ccc2c(c1)C1=C(C2)C2(C)CCC3(C=C2CC1)SCCS3. The average Bonchev–Trinajstić information content (AvgIpc) is 3.20. The molecule has 1 heterocycles. The van der Waals surface area contributed by atoms with E-state index in [0.717, 1.165) is 12.2 Å². The topological polar surface area (TPSA) is 9.23 Å². The molecule has 3 heteroatoms. The van der Waals surface area contributed by atoms with Crippen LogP contribution >= 0.6 is 23.5 Å². The van der Waals surface area contributed by atoms with Crippen LogP contribution in [0.15, 0.2) is 35.4 Å². The van der Waals surface area contributed by atoms with Gasteiger partial charge >= 0.3 is 0 Å². The lowest BCUT2D eigenvalue weighted by Crippen LogP contribution is -2.34. The van der Waals surface area contributed by atoms with E-state index in [1.54, 1.807) is 23.8 Å². The maximum atomic E-state index is 5.47. The molecule has 126 valence electrons. The van der Waals surface area contributed by atoms with E-state index in [-0.39, 0.29) is 0 Å². The Balaban J connectivity index is 1.58. The van der Waals surface area contributed by atoms with E-state index in [1.165, 1.54) is 48.3 Å². The van der Waals surface area contributed by atoms with Crippen LogP contribution in [-0.4, -0.2) is 22.7 Å². The standard InChI is InChI=1S/C21H24OS2/c1-20-7-8-21(23-9-10-24-21)13-15(20)4-6-17-18-12-16(22-2)5-3-14(18)11-19(17)20/h3,5,12-13H,4,6-11H2,1-2H3. The Morgan fingerprint density at radius 1 is 1.08 bits per heavy atom. The highest BCUT2D eigenvalue weighted by molar-refractivity contribution is 8.21. The number of methoxy groups -OCH3 is 1. The zero-order valence-corrected chi connectivity index (χ0v) is 16.1. The van der Waals surface area contributed by atoms with E-state index in [2.05, 4.69) is 54.7 Å². The fourth-order valence-electron chi connectivity index (χ4n) is 5.12. The first-order valence-corrected chi connectivity index (χ1v) is 11.0. The van der Waals surface area contributed by atoms with Crippen LogP contribution in [0.25, 0.3) is 5.57 Å². The van der Waals surface area contributed by atoms with Crippen molar-refractivity contribution in [1.29, 1.82) is 0 Å². The molecule has 4 aliphatic rings. The van der Waals surface area contributed by atoms with Crippen molar-refractivity contribution in [3.05, 3.63) is 46.5 Å². The Kier molecular flexibility index (Phi) is 3.44. The van der Waals surface area contributed by atoms with Crippen molar-refractivity contribution >= 4 is 29.1 Å². The summed E-state index contributed by atoms with van der Waals surface area (Å²) >= 11 is 4.38. The van der Waals surface area contributed by atoms with Gasteiger partial charge in [0.25, 0.3) is 0 Å². The molecule has 1 aliphatic heterocycles. The highest BCUT2D eigenvalue weighted by atomic mass is 32.2. The molecular formula is C21H24OS2. The van der Waals surface area contributed by atoms with Gasteiger partial charge in [-0.3, -0.25) is 0 Å². The van der Waals surface area contributed by atoms with E-state index in [9.17, 15) is 0 Å². The van der Waals surface area contributed by atoms with Crippen molar-refractivity contribution < 1.29 is 4.74 Å². The summed E-state index contributed by atoms with van der Waals surface area (Å²) in [6.07, 6.45) is 8.95. The number of thioether (sulfide) groups is 2. The van der Waals surface area contributed by atoms with Crippen molar-refractivity contribution in [2.75, 3.05) is 18.6 Å². The number of benzene rings is 1. The van der Waals surface area contributed by atoms with Gasteiger partial charge in [-0.2, -0.15) is 0 Å². The van der Waals surface area contributed by atoms with Gasteiger partial charge in [-0.05, 0) is 60.9 Å². The number of hydrogen-bond donors (Lipinski definition) is 0. The van der Waals surface area contributed by atoms with Gasteiger partial charge < -0.3 is 4.74 Å². The van der Waals surface area contributed by atoms with Crippen molar-refractivity contribution in [3.8, 4) is 5.75 Å². The smallest absolute Gasteiger partial charge is 0.119 e. The number of allylic oxidation sites excluding steroid dienone is 3. The Bertz CT molecular complexity index is 770. The predicted octanol–water partition coefficient (Wildman–Crippen LogP) is 5.70. The molecule has 1 saturated heterocycles. The van der Waals surface area contributed by atoms with Gasteiger partial charge in [-0.1, -0.05) is 30.2 Å². The normalized spacial score (nSPS) is 30.0. The maximum Gasteiger partial charge on any atom is 0.119 e. The van der Waals surface area contributed by atoms with Crippen LogP contribution < -0.4 is 4.74 Å². The van der Waals surface area contributed by atoms with Crippen molar-refractivity contribution in [2.24, 2.45) is 5.41 Å². The van der Waals surface area contributed by atoms with Crippen LogP contribution in [0, 0.1) is 5.41 Å². The molecule has 1 unspecified atom stereocenters. The highest BCUT2D eigenvalue weighted by Gasteiger charge is 2.48. The number of hydrogen-bond acceptors (Lipinski definition) is 3. The molecule has 5 rings (SSSR count). The molecule has 0 saturated carbocycles. The quantitative estimate of drug-likeness (QED) is 0.597. The first-order chi connectivity index (χ1) is 11.6. The summed E-state index contributed by atoms with van der Waals surface area (Å²) in [5, 5.41) is 0. The van der Waals surface area contributed by atoms with Crippen LogP contribution in [0.3, 0.4) is 0 Å². The van der Waals surface area contributed by atoms with E-state index in [1.807, 2.05) is 0 Å². The zero-order valence-electron chi connectivity index (χ0n) is 14.5. The Hall–Kier alpha value is -0.800. The highest BCUT2D eigenvalue weighted by Crippen LogP contribution is 2.62. The van der Waals surface area contributed by atoms with Crippen molar-refractivity contribution in [1.82, 2.24) is 0 Å². The fourth-order valence-corrected chi connectivity index (χ4v) is 8.26. The van der Waals surface area contributed by atoms with E-state index >= 15 is 0 Å². The van der Waals surface area contributed by atoms with Gasteiger partial charge in [0.1, 0.15) is 5.75 Å². The van der Waals surface area contributed by atoms with Gasteiger partial charge in [0, 0.05) is 16.9 Å². The van der Waals surface area contributed by atoms with Crippen molar-refractivity contribution in [2.45, 2.75) is 43.1 Å². The van der Waals surface area contributed by atoms with Crippen LogP contribution in [0.4, 0.5) is 0 Å². The molecular weight excluding hydrogens is 332 g/mol.